The minimum Gasteiger partial charge on any atom is -0.481 e. The summed E-state index contributed by atoms with van der Waals surface area (Å²) in [6.45, 7) is 0.689. The average Bonchev–Trinajstić information content (AvgIpc) is 3.17. The molecular formula is C15H14ClN3O3. The van der Waals surface area contributed by atoms with Crippen LogP contribution < -0.4 is 0 Å². The van der Waals surface area contributed by atoms with Crippen LogP contribution in [0.15, 0.2) is 30.3 Å². The molecule has 2 heterocycles. The van der Waals surface area contributed by atoms with Crippen molar-refractivity contribution < 1.29 is 14.7 Å². The molecule has 7 heteroatoms. The summed E-state index contributed by atoms with van der Waals surface area (Å²) in [7, 11) is 0. The number of aromatic amines is 1. The molecule has 2 aromatic rings. The summed E-state index contributed by atoms with van der Waals surface area (Å²) >= 11 is 5.84. The zero-order valence-corrected chi connectivity index (χ0v) is 12.4. The predicted molar refractivity (Wildman–Crippen MR) is 80.7 cm³/mol. The number of carboxylic acid groups (broad SMARTS) is 1. The van der Waals surface area contributed by atoms with Crippen molar-refractivity contribution >= 4 is 23.5 Å². The van der Waals surface area contributed by atoms with Crippen LogP contribution >= 0.6 is 11.6 Å². The Kier molecular flexibility index (Phi) is 3.85. The molecule has 0 unspecified atom stereocenters. The van der Waals surface area contributed by atoms with Gasteiger partial charge >= 0.3 is 5.97 Å². The molecule has 0 bridgehead atoms. The van der Waals surface area contributed by atoms with E-state index in [-0.39, 0.29) is 12.5 Å². The molecule has 1 saturated heterocycles. The van der Waals surface area contributed by atoms with Crippen LogP contribution in [-0.4, -0.2) is 45.2 Å². The lowest BCUT2D eigenvalue weighted by atomic mass is 10.1. The van der Waals surface area contributed by atoms with Crippen LogP contribution in [0.1, 0.15) is 16.9 Å². The van der Waals surface area contributed by atoms with Gasteiger partial charge in [-0.05, 0) is 24.6 Å². The van der Waals surface area contributed by atoms with E-state index >= 15 is 0 Å². The number of hydrogen-bond acceptors (Lipinski definition) is 3. The minimum atomic E-state index is -0.859. The lowest BCUT2D eigenvalue weighted by molar-refractivity contribution is -0.141. The van der Waals surface area contributed by atoms with E-state index in [9.17, 15) is 9.59 Å². The first kappa shape index (κ1) is 14.6. The maximum absolute atomic E-state index is 12.4. The van der Waals surface area contributed by atoms with Crippen molar-refractivity contribution in [3.8, 4) is 11.3 Å². The van der Waals surface area contributed by atoms with Crippen LogP contribution in [0.25, 0.3) is 11.3 Å². The number of hydrogen-bond donors (Lipinski definition) is 2. The summed E-state index contributed by atoms with van der Waals surface area (Å²) in [5.74, 6) is -1.57. The number of halogens is 1. The van der Waals surface area contributed by atoms with Crippen LogP contribution in [0.3, 0.4) is 0 Å². The third kappa shape index (κ3) is 2.82. The topological polar surface area (TPSA) is 86.3 Å². The molecule has 6 nitrogen and oxygen atoms in total. The Morgan fingerprint density at radius 1 is 1.32 bits per heavy atom. The Morgan fingerprint density at radius 2 is 2.05 bits per heavy atom. The van der Waals surface area contributed by atoms with E-state index in [2.05, 4.69) is 10.2 Å². The normalized spacial score (nSPS) is 17.7. The number of carboxylic acids is 1. The van der Waals surface area contributed by atoms with E-state index in [4.69, 9.17) is 16.7 Å². The molecule has 2 N–H and O–H groups in total. The number of aromatic nitrogens is 2. The number of amides is 1. The van der Waals surface area contributed by atoms with Gasteiger partial charge in [-0.15, -0.1) is 0 Å². The van der Waals surface area contributed by atoms with Crippen LogP contribution in [-0.2, 0) is 4.79 Å². The number of likely N-dealkylation sites (tertiary alicyclic amines) is 1. The van der Waals surface area contributed by atoms with Crippen molar-refractivity contribution in [2.45, 2.75) is 6.42 Å². The fourth-order valence-corrected chi connectivity index (χ4v) is 2.64. The molecule has 1 atom stereocenters. The second-order valence-electron chi connectivity index (χ2n) is 5.25. The number of nitrogens with one attached hydrogen (secondary N) is 1. The monoisotopic (exact) mass is 319 g/mol. The van der Waals surface area contributed by atoms with Gasteiger partial charge in [0, 0.05) is 23.7 Å². The van der Waals surface area contributed by atoms with Crippen molar-refractivity contribution in [3.63, 3.8) is 0 Å². The molecule has 1 aliphatic heterocycles. The standard InChI is InChI=1S/C15H14ClN3O3/c16-11-3-1-9(2-4-11)12-7-13(18-17-12)14(20)19-6-5-10(8-19)15(21)22/h1-4,7,10H,5-6,8H2,(H,17,18)(H,21,22)/t10-/m1/s1. The summed E-state index contributed by atoms with van der Waals surface area (Å²) in [6, 6.07) is 8.82. The Balaban J connectivity index is 1.75. The molecule has 1 aromatic heterocycles. The fraction of sp³-hybridized carbons (Fsp3) is 0.267. The highest BCUT2D eigenvalue weighted by atomic mass is 35.5. The number of rotatable bonds is 3. The first-order chi connectivity index (χ1) is 10.5. The van der Waals surface area contributed by atoms with Gasteiger partial charge in [0.2, 0.25) is 0 Å². The molecule has 0 radical (unpaired) electrons. The van der Waals surface area contributed by atoms with E-state index in [0.717, 1.165) is 5.56 Å². The highest BCUT2D eigenvalue weighted by molar-refractivity contribution is 6.30. The van der Waals surface area contributed by atoms with E-state index in [1.807, 2.05) is 12.1 Å². The molecule has 22 heavy (non-hydrogen) atoms. The zero-order valence-electron chi connectivity index (χ0n) is 11.6. The number of benzene rings is 1. The van der Waals surface area contributed by atoms with Gasteiger partial charge in [-0.2, -0.15) is 5.10 Å². The van der Waals surface area contributed by atoms with Crippen LogP contribution in [0.2, 0.25) is 5.02 Å². The molecule has 0 spiro atoms. The maximum atomic E-state index is 12.4. The molecule has 3 rings (SSSR count). The Morgan fingerprint density at radius 3 is 2.68 bits per heavy atom. The molecule has 1 aliphatic rings. The SMILES string of the molecule is O=C(O)[C@@H]1CCN(C(=O)c2cc(-c3ccc(Cl)cc3)n[nH]2)C1. The fourth-order valence-electron chi connectivity index (χ4n) is 2.52. The van der Waals surface area contributed by atoms with Gasteiger partial charge in [-0.1, -0.05) is 23.7 Å². The molecule has 0 saturated carbocycles. The summed E-state index contributed by atoms with van der Waals surface area (Å²) in [4.78, 5) is 24.8. The van der Waals surface area contributed by atoms with Gasteiger partial charge in [0.1, 0.15) is 5.69 Å². The first-order valence-electron chi connectivity index (χ1n) is 6.88. The molecule has 0 aliphatic carbocycles. The van der Waals surface area contributed by atoms with E-state index in [1.54, 1.807) is 18.2 Å². The minimum absolute atomic E-state index is 0.225. The Bertz CT molecular complexity index is 711. The number of carbonyl (C=O) groups excluding carboxylic acids is 1. The Labute approximate surface area is 131 Å². The summed E-state index contributed by atoms with van der Waals surface area (Å²) in [5.41, 5.74) is 1.86. The van der Waals surface area contributed by atoms with Crippen molar-refractivity contribution in [1.82, 2.24) is 15.1 Å². The molecular weight excluding hydrogens is 306 g/mol. The molecule has 114 valence electrons. The van der Waals surface area contributed by atoms with Gasteiger partial charge in [-0.3, -0.25) is 14.7 Å². The van der Waals surface area contributed by atoms with E-state index < -0.39 is 11.9 Å². The van der Waals surface area contributed by atoms with Crippen molar-refractivity contribution in [2.75, 3.05) is 13.1 Å². The number of H-pyrrole nitrogens is 1. The quantitative estimate of drug-likeness (QED) is 0.908. The average molecular weight is 320 g/mol. The van der Waals surface area contributed by atoms with E-state index in [0.29, 0.717) is 29.4 Å². The third-order valence-electron chi connectivity index (χ3n) is 3.77. The van der Waals surface area contributed by atoms with Gasteiger partial charge in [0.05, 0.1) is 11.6 Å². The van der Waals surface area contributed by atoms with Crippen LogP contribution in [0, 0.1) is 5.92 Å². The second kappa shape index (κ2) is 5.81. The first-order valence-corrected chi connectivity index (χ1v) is 7.26. The van der Waals surface area contributed by atoms with Crippen LogP contribution in [0.4, 0.5) is 0 Å². The molecule has 1 aromatic carbocycles. The zero-order chi connectivity index (χ0) is 15.7. The van der Waals surface area contributed by atoms with Gasteiger partial charge < -0.3 is 10.0 Å². The van der Waals surface area contributed by atoms with Gasteiger partial charge in [0.25, 0.3) is 5.91 Å². The predicted octanol–water partition coefficient (Wildman–Crippen LogP) is 2.28. The highest BCUT2D eigenvalue weighted by Crippen LogP contribution is 2.22. The number of carbonyl (C=O) groups is 2. The summed E-state index contributed by atoms with van der Waals surface area (Å²) in [5, 5.41) is 16.5. The van der Waals surface area contributed by atoms with E-state index in [1.165, 1.54) is 4.90 Å². The summed E-state index contributed by atoms with van der Waals surface area (Å²) < 4.78 is 0. The van der Waals surface area contributed by atoms with Gasteiger partial charge in [0.15, 0.2) is 0 Å². The smallest absolute Gasteiger partial charge is 0.308 e. The second-order valence-corrected chi connectivity index (χ2v) is 5.69. The maximum Gasteiger partial charge on any atom is 0.308 e. The van der Waals surface area contributed by atoms with Crippen LogP contribution in [0.5, 0.6) is 0 Å². The van der Waals surface area contributed by atoms with Crippen molar-refractivity contribution in [3.05, 3.63) is 41.0 Å². The van der Waals surface area contributed by atoms with Crippen molar-refractivity contribution in [1.29, 1.82) is 0 Å². The largest absolute Gasteiger partial charge is 0.481 e. The molecule has 1 amide bonds. The van der Waals surface area contributed by atoms with Crippen molar-refractivity contribution in [2.24, 2.45) is 5.92 Å². The number of nitrogens with zero attached hydrogens (tertiary/aromatic N) is 2. The highest BCUT2D eigenvalue weighted by Gasteiger charge is 2.31. The Hall–Kier alpha value is -2.34. The van der Waals surface area contributed by atoms with Gasteiger partial charge in [-0.25, -0.2) is 0 Å². The number of aliphatic carboxylic acids is 1. The lowest BCUT2D eigenvalue weighted by Gasteiger charge is -2.13. The lowest BCUT2D eigenvalue weighted by Crippen LogP contribution is -2.30. The molecule has 1 fully saturated rings. The summed E-state index contributed by atoms with van der Waals surface area (Å²) in [6.07, 6.45) is 0.485. The third-order valence-corrected chi connectivity index (χ3v) is 4.02.